The summed E-state index contributed by atoms with van der Waals surface area (Å²) in [5, 5.41) is 14.0. The van der Waals surface area contributed by atoms with Gasteiger partial charge in [0.2, 0.25) is 5.82 Å². The highest BCUT2D eigenvalue weighted by Gasteiger charge is 2.06. The minimum Gasteiger partial charge on any atom is -0.255 e. The Morgan fingerprint density at radius 2 is 1.52 bits per heavy atom. The van der Waals surface area contributed by atoms with Crippen LogP contribution in [0.2, 0.25) is 0 Å². The molecule has 0 aliphatic carbocycles. The van der Waals surface area contributed by atoms with Gasteiger partial charge in [0.25, 0.3) is 0 Å². The monoisotopic (exact) mass is 300 g/mol. The van der Waals surface area contributed by atoms with E-state index >= 15 is 0 Å². The Kier molecular flexibility index (Phi) is 3.32. The van der Waals surface area contributed by atoms with Gasteiger partial charge >= 0.3 is 0 Å². The quantitative estimate of drug-likeness (QED) is 0.629. The molecule has 0 spiro atoms. The summed E-state index contributed by atoms with van der Waals surface area (Å²) in [5.74, 6) is 0.584. The number of rotatable bonds is 3. The Labute approximate surface area is 132 Å². The van der Waals surface area contributed by atoms with Crippen molar-refractivity contribution in [3.05, 3.63) is 67.0 Å². The van der Waals surface area contributed by atoms with Gasteiger partial charge in [-0.25, -0.2) is 0 Å². The predicted octanol–water partition coefficient (Wildman–Crippen LogP) is 2.99. The van der Waals surface area contributed by atoms with Gasteiger partial charge in [-0.3, -0.25) is 9.97 Å². The number of nitrogens with zero attached hydrogens (tertiary/aromatic N) is 5. The van der Waals surface area contributed by atoms with Gasteiger partial charge in [-0.15, -0.1) is 10.2 Å². The lowest BCUT2D eigenvalue weighted by molar-refractivity contribution is 0.881. The van der Waals surface area contributed by atoms with Crippen LogP contribution in [0.25, 0.3) is 33.9 Å². The molecule has 0 bridgehead atoms. The highest BCUT2D eigenvalue weighted by Crippen LogP contribution is 2.25. The Balaban J connectivity index is 1.68. The van der Waals surface area contributed by atoms with Crippen molar-refractivity contribution >= 4 is 0 Å². The highest BCUT2D eigenvalue weighted by atomic mass is 15.5. The summed E-state index contributed by atoms with van der Waals surface area (Å²) in [6, 6.07) is 17.8. The van der Waals surface area contributed by atoms with E-state index in [1.54, 1.807) is 12.4 Å². The Bertz CT molecular complexity index is 901. The highest BCUT2D eigenvalue weighted by molar-refractivity contribution is 5.71. The zero-order chi connectivity index (χ0) is 15.5. The zero-order valence-electron chi connectivity index (χ0n) is 12.1. The molecule has 0 saturated carbocycles. The molecule has 0 aliphatic rings. The molecule has 1 N–H and O–H groups in total. The van der Waals surface area contributed by atoms with Crippen LogP contribution in [0.1, 0.15) is 0 Å². The first-order valence-electron chi connectivity index (χ1n) is 7.12. The van der Waals surface area contributed by atoms with Gasteiger partial charge in [-0.2, -0.15) is 5.21 Å². The molecule has 6 nitrogen and oxygen atoms in total. The lowest BCUT2D eigenvalue weighted by atomic mass is 10.0. The maximum Gasteiger partial charge on any atom is 0.204 e. The van der Waals surface area contributed by atoms with Crippen molar-refractivity contribution < 1.29 is 0 Å². The van der Waals surface area contributed by atoms with Crippen molar-refractivity contribution in [2.75, 3.05) is 0 Å². The summed E-state index contributed by atoms with van der Waals surface area (Å²) in [4.78, 5) is 8.74. The van der Waals surface area contributed by atoms with Crippen LogP contribution >= 0.6 is 0 Å². The Hall–Kier alpha value is -3.41. The number of hydrogen-bond acceptors (Lipinski definition) is 5. The molecule has 4 aromatic rings. The summed E-state index contributed by atoms with van der Waals surface area (Å²) in [6.07, 6.45) is 3.57. The minimum atomic E-state index is 0.584. The molecule has 0 unspecified atom stereocenters. The van der Waals surface area contributed by atoms with Crippen LogP contribution in [0.15, 0.2) is 67.0 Å². The van der Waals surface area contributed by atoms with Gasteiger partial charge in [0, 0.05) is 18.0 Å². The number of pyridine rings is 2. The standard InChI is InChI=1S/C17H12N6/c1-2-9-18-15(3-1)16-11-14(8-10-19-16)12-4-6-13(7-5-12)17-20-22-23-21-17/h1-11H,(H,20,21,22,23). The van der Waals surface area contributed by atoms with Crippen molar-refractivity contribution in [1.29, 1.82) is 0 Å². The number of tetrazole rings is 1. The maximum absolute atomic E-state index is 4.40. The van der Waals surface area contributed by atoms with Crippen LogP contribution in [0.3, 0.4) is 0 Å². The Morgan fingerprint density at radius 1 is 0.696 bits per heavy atom. The van der Waals surface area contributed by atoms with E-state index < -0.39 is 0 Å². The molecule has 0 aliphatic heterocycles. The third kappa shape index (κ3) is 2.69. The van der Waals surface area contributed by atoms with Gasteiger partial charge in [-0.05, 0) is 40.6 Å². The first-order chi connectivity index (χ1) is 11.4. The molecule has 1 aromatic carbocycles. The third-order valence-electron chi connectivity index (χ3n) is 3.51. The Morgan fingerprint density at radius 3 is 2.26 bits per heavy atom. The molecule has 0 saturated heterocycles. The van der Waals surface area contributed by atoms with Gasteiger partial charge in [0.05, 0.1) is 11.4 Å². The fourth-order valence-electron chi connectivity index (χ4n) is 2.36. The smallest absolute Gasteiger partial charge is 0.204 e. The molecule has 4 rings (SSSR count). The van der Waals surface area contributed by atoms with Crippen LogP contribution < -0.4 is 0 Å². The second kappa shape index (κ2) is 5.76. The van der Waals surface area contributed by atoms with E-state index in [1.165, 1.54) is 0 Å². The van der Waals surface area contributed by atoms with Crippen molar-refractivity contribution in [2.45, 2.75) is 0 Å². The van der Waals surface area contributed by atoms with Gasteiger partial charge in [-0.1, -0.05) is 30.3 Å². The predicted molar refractivity (Wildman–Crippen MR) is 86.1 cm³/mol. The normalized spacial score (nSPS) is 10.6. The molecule has 110 valence electrons. The number of H-pyrrole nitrogens is 1. The van der Waals surface area contributed by atoms with Crippen LogP contribution in [0.5, 0.6) is 0 Å². The van der Waals surface area contributed by atoms with Crippen LogP contribution in [0, 0.1) is 0 Å². The van der Waals surface area contributed by atoms with E-state index in [2.05, 4.69) is 30.6 Å². The first kappa shape index (κ1) is 13.3. The van der Waals surface area contributed by atoms with Crippen LogP contribution in [-0.4, -0.2) is 30.6 Å². The summed E-state index contributed by atoms with van der Waals surface area (Å²) < 4.78 is 0. The molecule has 6 heteroatoms. The van der Waals surface area contributed by atoms with Gasteiger partial charge in [0.15, 0.2) is 0 Å². The van der Waals surface area contributed by atoms with E-state index in [0.717, 1.165) is 28.1 Å². The van der Waals surface area contributed by atoms with Crippen LogP contribution in [0.4, 0.5) is 0 Å². The van der Waals surface area contributed by atoms with Crippen molar-refractivity contribution in [3.63, 3.8) is 0 Å². The number of nitrogens with one attached hydrogen (secondary N) is 1. The SMILES string of the molecule is c1ccc(-c2cc(-c3ccc(-c4nn[nH]n4)cc3)ccn2)nc1. The molecule has 3 heterocycles. The fourth-order valence-corrected chi connectivity index (χ4v) is 2.36. The van der Waals surface area contributed by atoms with Crippen molar-refractivity contribution in [2.24, 2.45) is 0 Å². The lowest BCUT2D eigenvalue weighted by Gasteiger charge is -2.05. The first-order valence-corrected chi connectivity index (χ1v) is 7.12. The maximum atomic E-state index is 4.40. The topological polar surface area (TPSA) is 80.2 Å². The number of aromatic nitrogens is 6. The molecule has 0 fully saturated rings. The number of aromatic amines is 1. The third-order valence-corrected chi connectivity index (χ3v) is 3.51. The molecular weight excluding hydrogens is 288 g/mol. The average molecular weight is 300 g/mol. The molecule has 0 amide bonds. The second-order valence-corrected chi connectivity index (χ2v) is 4.96. The van der Waals surface area contributed by atoms with E-state index in [9.17, 15) is 0 Å². The van der Waals surface area contributed by atoms with Crippen molar-refractivity contribution in [3.8, 4) is 33.9 Å². The summed E-state index contributed by atoms with van der Waals surface area (Å²) >= 11 is 0. The minimum absolute atomic E-state index is 0.584. The molecule has 0 radical (unpaired) electrons. The molecule has 3 aromatic heterocycles. The van der Waals surface area contributed by atoms with E-state index in [4.69, 9.17) is 0 Å². The molecule has 0 atom stereocenters. The summed E-state index contributed by atoms with van der Waals surface area (Å²) in [7, 11) is 0. The van der Waals surface area contributed by atoms with E-state index in [1.807, 2.05) is 54.6 Å². The van der Waals surface area contributed by atoms with E-state index in [-0.39, 0.29) is 0 Å². The summed E-state index contributed by atoms with van der Waals surface area (Å²) in [5.41, 5.74) is 4.81. The van der Waals surface area contributed by atoms with Gasteiger partial charge in [0.1, 0.15) is 0 Å². The number of hydrogen-bond donors (Lipinski definition) is 1. The average Bonchev–Trinajstić information content (AvgIpc) is 3.17. The molecule has 23 heavy (non-hydrogen) atoms. The van der Waals surface area contributed by atoms with E-state index in [0.29, 0.717) is 5.82 Å². The summed E-state index contributed by atoms with van der Waals surface area (Å²) in [6.45, 7) is 0. The fraction of sp³-hybridized carbons (Fsp3) is 0. The lowest BCUT2D eigenvalue weighted by Crippen LogP contribution is -1.88. The van der Waals surface area contributed by atoms with Crippen LogP contribution in [-0.2, 0) is 0 Å². The number of benzene rings is 1. The zero-order valence-corrected chi connectivity index (χ0v) is 12.1. The van der Waals surface area contributed by atoms with Crippen molar-refractivity contribution in [1.82, 2.24) is 30.6 Å². The molecular formula is C17H12N6. The van der Waals surface area contributed by atoms with Gasteiger partial charge < -0.3 is 0 Å². The largest absolute Gasteiger partial charge is 0.255 e. The second-order valence-electron chi connectivity index (χ2n) is 4.96.